The van der Waals surface area contributed by atoms with Crippen LogP contribution in [-0.2, 0) is 0 Å². The van der Waals surface area contributed by atoms with E-state index >= 15 is 0 Å². The zero-order valence-electron chi connectivity index (χ0n) is 11.3. The first-order valence-electron chi connectivity index (χ1n) is 6.31. The van der Waals surface area contributed by atoms with Crippen molar-refractivity contribution in [1.82, 2.24) is 0 Å². The van der Waals surface area contributed by atoms with E-state index in [4.69, 9.17) is 5.26 Å². The van der Waals surface area contributed by atoms with Gasteiger partial charge in [-0.05, 0) is 24.1 Å². The van der Waals surface area contributed by atoms with Crippen LogP contribution < -0.4 is 5.32 Å². The summed E-state index contributed by atoms with van der Waals surface area (Å²) >= 11 is 0. The van der Waals surface area contributed by atoms with Crippen LogP contribution in [0.15, 0.2) is 48.5 Å². The quantitative estimate of drug-likeness (QED) is 0.898. The lowest BCUT2D eigenvalue weighted by Crippen LogP contribution is -2.28. The van der Waals surface area contributed by atoms with E-state index in [-0.39, 0.29) is 16.8 Å². The standard InChI is InChI=1S/C16H13F3N2/c1-11-6-5-9-14(13(11)10-20)21-15(16(17,18)19)12-7-3-2-4-8-12/h2-9,15,21H,1H3. The van der Waals surface area contributed by atoms with Gasteiger partial charge in [-0.25, -0.2) is 0 Å². The Morgan fingerprint density at radius 3 is 2.29 bits per heavy atom. The van der Waals surface area contributed by atoms with Gasteiger partial charge in [0, 0.05) is 0 Å². The van der Waals surface area contributed by atoms with Crippen molar-refractivity contribution < 1.29 is 13.2 Å². The number of anilines is 1. The maximum absolute atomic E-state index is 13.3. The second-order valence-corrected chi connectivity index (χ2v) is 4.64. The molecule has 0 spiro atoms. The van der Waals surface area contributed by atoms with Gasteiger partial charge < -0.3 is 5.32 Å². The Morgan fingerprint density at radius 1 is 1.05 bits per heavy atom. The minimum absolute atomic E-state index is 0.107. The van der Waals surface area contributed by atoms with Crippen LogP contribution in [0.25, 0.3) is 0 Å². The van der Waals surface area contributed by atoms with E-state index < -0.39 is 12.2 Å². The molecule has 0 aliphatic carbocycles. The first kappa shape index (κ1) is 14.9. The summed E-state index contributed by atoms with van der Waals surface area (Å²) in [4.78, 5) is 0. The van der Waals surface area contributed by atoms with Crippen molar-refractivity contribution in [2.24, 2.45) is 0 Å². The molecule has 0 aliphatic rings. The van der Waals surface area contributed by atoms with Crippen molar-refractivity contribution in [2.75, 3.05) is 5.32 Å². The van der Waals surface area contributed by atoms with Crippen LogP contribution in [0.3, 0.4) is 0 Å². The highest BCUT2D eigenvalue weighted by molar-refractivity contribution is 5.61. The molecule has 21 heavy (non-hydrogen) atoms. The van der Waals surface area contributed by atoms with E-state index in [1.165, 1.54) is 18.2 Å². The Balaban J connectivity index is 2.43. The van der Waals surface area contributed by atoms with Gasteiger partial charge in [0.25, 0.3) is 0 Å². The highest BCUT2D eigenvalue weighted by Crippen LogP contribution is 2.36. The number of alkyl halides is 3. The molecule has 2 aromatic rings. The van der Waals surface area contributed by atoms with Crippen molar-refractivity contribution in [3.63, 3.8) is 0 Å². The van der Waals surface area contributed by atoms with E-state index in [1.54, 1.807) is 37.3 Å². The number of hydrogen-bond donors (Lipinski definition) is 1. The highest BCUT2D eigenvalue weighted by atomic mass is 19.4. The zero-order chi connectivity index (χ0) is 15.5. The molecule has 0 saturated carbocycles. The van der Waals surface area contributed by atoms with Crippen molar-refractivity contribution >= 4 is 5.69 Å². The summed E-state index contributed by atoms with van der Waals surface area (Å²) in [6, 6.07) is 12.5. The van der Waals surface area contributed by atoms with Crippen LogP contribution in [0.1, 0.15) is 22.7 Å². The van der Waals surface area contributed by atoms with Crippen LogP contribution in [0.2, 0.25) is 0 Å². The summed E-state index contributed by atoms with van der Waals surface area (Å²) in [5.41, 5.74) is 1.15. The number of nitrogens with one attached hydrogen (secondary N) is 1. The van der Waals surface area contributed by atoms with Gasteiger partial charge in [-0.15, -0.1) is 0 Å². The lowest BCUT2D eigenvalue weighted by Gasteiger charge is -2.24. The molecule has 1 unspecified atom stereocenters. The number of hydrogen-bond acceptors (Lipinski definition) is 2. The second-order valence-electron chi connectivity index (χ2n) is 4.64. The highest BCUT2D eigenvalue weighted by Gasteiger charge is 2.41. The average molecular weight is 290 g/mol. The van der Waals surface area contributed by atoms with E-state index in [0.29, 0.717) is 5.56 Å². The van der Waals surface area contributed by atoms with Crippen LogP contribution in [-0.4, -0.2) is 6.18 Å². The molecule has 0 aliphatic heterocycles. The minimum atomic E-state index is -4.46. The third kappa shape index (κ3) is 3.34. The molecule has 1 N–H and O–H groups in total. The van der Waals surface area contributed by atoms with E-state index in [0.717, 1.165) is 0 Å². The van der Waals surface area contributed by atoms with Gasteiger partial charge in [0.1, 0.15) is 12.1 Å². The molecule has 2 rings (SSSR count). The van der Waals surface area contributed by atoms with E-state index in [9.17, 15) is 13.2 Å². The van der Waals surface area contributed by atoms with Crippen LogP contribution in [0.5, 0.6) is 0 Å². The molecular weight excluding hydrogens is 277 g/mol. The first-order chi connectivity index (χ1) is 9.93. The molecule has 0 heterocycles. The Morgan fingerprint density at radius 2 is 1.71 bits per heavy atom. The fourth-order valence-electron chi connectivity index (χ4n) is 2.09. The molecule has 0 saturated heterocycles. The predicted octanol–water partition coefficient (Wildman–Crippen LogP) is 4.58. The first-order valence-corrected chi connectivity index (χ1v) is 6.31. The van der Waals surface area contributed by atoms with Crippen molar-refractivity contribution in [2.45, 2.75) is 19.1 Å². The molecule has 0 fully saturated rings. The second kappa shape index (κ2) is 5.88. The molecule has 108 valence electrons. The Labute approximate surface area is 120 Å². The minimum Gasteiger partial charge on any atom is -0.369 e. The zero-order valence-corrected chi connectivity index (χ0v) is 11.3. The third-order valence-corrected chi connectivity index (χ3v) is 3.14. The van der Waals surface area contributed by atoms with Gasteiger partial charge >= 0.3 is 6.18 Å². The summed E-state index contributed by atoms with van der Waals surface area (Å²) in [5.74, 6) is 0. The van der Waals surface area contributed by atoms with E-state index in [1.807, 2.05) is 6.07 Å². The van der Waals surface area contributed by atoms with Crippen molar-refractivity contribution in [1.29, 1.82) is 5.26 Å². The van der Waals surface area contributed by atoms with Gasteiger partial charge in [0.2, 0.25) is 0 Å². The van der Waals surface area contributed by atoms with Crippen molar-refractivity contribution in [3.05, 3.63) is 65.2 Å². The molecule has 2 aromatic carbocycles. The number of benzene rings is 2. The fraction of sp³-hybridized carbons (Fsp3) is 0.188. The number of nitrogens with zero attached hydrogens (tertiary/aromatic N) is 1. The summed E-state index contributed by atoms with van der Waals surface area (Å²) in [7, 11) is 0. The van der Waals surface area contributed by atoms with Crippen LogP contribution in [0, 0.1) is 18.3 Å². The topological polar surface area (TPSA) is 35.8 Å². The monoisotopic (exact) mass is 290 g/mol. The van der Waals surface area contributed by atoms with Gasteiger partial charge in [-0.3, -0.25) is 0 Å². The van der Waals surface area contributed by atoms with Gasteiger partial charge in [-0.2, -0.15) is 18.4 Å². The third-order valence-electron chi connectivity index (χ3n) is 3.14. The Hall–Kier alpha value is -2.48. The summed E-state index contributed by atoms with van der Waals surface area (Å²) in [6.45, 7) is 1.69. The van der Waals surface area contributed by atoms with Crippen molar-refractivity contribution in [3.8, 4) is 6.07 Å². The van der Waals surface area contributed by atoms with E-state index in [2.05, 4.69) is 5.32 Å². The van der Waals surface area contributed by atoms with Crippen LogP contribution in [0.4, 0.5) is 18.9 Å². The maximum atomic E-state index is 13.3. The molecule has 0 aromatic heterocycles. The molecule has 5 heteroatoms. The number of halogens is 3. The van der Waals surface area contributed by atoms with Gasteiger partial charge in [-0.1, -0.05) is 42.5 Å². The molecule has 1 atom stereocenters. The average Bonchev–Trinajstić information content (AvgIpc) is 2.44. The summed E-state index contributed by atoms with van der Waals surface area (Å²) in [6.07, 6.45) is -4.46. The number of aryl methyl sites for hydroxylation is 1. The number of rotatable bonds is 3. The van der Waals surface area contributed by atoms with Gasteiger partial charge in [0.05, 0.1) is 11.3 Å². The normalized spacial score (nSPS) is 12.5. The lowest BCUT2D eigenvalue weighted by atomic mass is 10.0. The summed E-state index contributed by atoms with van der Waals surface area (Å²) < 4.78 is 39.8. The number of nitriles is 1. The lowest BCUT2D eigenvalue weighted by molar-refractivity contribution is -0.144. The predicted molar refractivity (Wildman–Crippen MR) is 74.8 cm³/mol. The largest absolute Gasteiger partial charge is 0.412 e. The smallest absolute Gasteiger partial charge is 0.369 e. The fourth-order valence-corrected chi connectivity index (χ4v) is 2.09. The Bertz CT molecular complexity index is 657. The Kier molecular flexibility index (Phi) is 4.18. The maximum Gasteiger partial charge on any atom is 0.412 e. The summed E-state index contributed by atoms with van der Waals surface area (Å²) in [5, 5.41) is 11.6. The molecule has 0 bridgehead atoms. The SMILES string of the molecule is Cc1cccc(NC(c2ccccc2)C(F)(F)F)c1C#N. The molecule has 0 radical (unpaired) electrons. The van der Waals surface area contributed by atoms with Gasteiger partial charge in [0.15, 0.2) is 0 Å². The molecule has 2 nitrogen and oxygen atoms in total. The van der Waals surface area contributed by atoms with Crippen LogP contribution >= 0.6 is 0 Å². The molecular formula is C16H13F3N2. The molecule has 0 amide bonds.